The van der Waals surface area contributed by atoms with Crippen LogP contribution in [-0.4, -0.2) is 96.7 Å². The van der Waals surface area contributed by atoms with Gasteiger partial charge in [-0.3, -0.25) is 37.3 Å². The van der Waals surface area contributed by atoms with E-state index in [1.807, 2.05) is 0 Å². The Morgan fingerprint density at radius 1 is 0.264 bits per heavy atom. The zero-order valence-corrected chi connectivity index (χ0v) is 60.6. The fourth-order valence-electron chi connectivity index (χ4n) is 11.0. The predicted molar refractivity (Wildman–Crippen MR) is 368 cm³/mol. The third-order valence-electron chi connectivity index (χ3n) is 16.9. The van der Waals surface area contributed by atoms with Crippen molar-refractivity contribution in [2.24, 2.45) is 0 Å². The minimum absolute atomic E-state index is 0.107. The van der Waals surface area contributed by atoms with Crippen molar-refractivity contribution in [3.05, 3.63) is 0 Å². The van der Waals surface area contributed by atoms with Gasteiger partial charge in [-0.2, -0.15) is 0 Å². The zero-order valence-electron chi connectivity index (χ0n) is 58.8. The standard InChI is InChI=1S/C72H140O17P2/c1-5-9-13-17-21-24-27-30-32-33-35-37-40-43-47-51-55-59-72(77)89-68(63-83-70(75)57-53-49-45-41-39-36-34-31-28-25-22-18-14-10-6-2)65-87-91(80,81)85-61-66(73)60-84-90(78,79)86-64-67(62-82-69(74)56-52-48-44-20-16-12-8-4)88-71(76)58-54-50-46-42-38-29-26-23-19-15-11-7-3/h66-68,73H,5-65H2,1-4H3,(H,78,79)(H,80,81)/t66-,67+,68+/m0/s1. The van der Waals surface area contributed by atoms with Gasteiger partial charge in [0, 0.05) is 25.7 Å². The molecule has 0 aromatic rings. The summed E-state index contributed by atoms with van der Waals surface area (Å²) < 4.78 is 68.3. The molecule has 91 heavy (non-hydrogen) atoms. The first kappa shape index (κ1) is 89.1. The molecule has 0 saturated heterocycles. The largest absolute Gasteiger partial charge is 0.472 e. The van der Waals surface area contributed by atoms with E-state index < -0.39 is 97.5 Å². The lowest BCUT2D eigenvalue weighted by Crippen LogP contribution is -2.30. The lowest BCUT2D eigenvalue weighted by Gasteiger charge is -2.21. The third-order valence-corrected chi connectivity index (χ3v) is 18.8. The van der Waals surface area contributed by atoms with E-state index in [1.165, 1.54) is 199 Å². The highest BCUT2D eigenvalue weighted by Crippen LogP contribution is 2.45. The molecule has 19 heteroatoms. The van der Waals surface area contributed by atoms with Crippen LogP contribution in [0.5, 0.6) is 0 Å². The second kappa shape index (κ2) is 66.7. The van der Waals surface area contributed by atoms with Crippen LogP contribution in [0.1, 0.15) is 381 Å². The van der Waals surface area contributed by atoms with Crippen molar-refractivity contribution in [3.63, 3.8) is 0 Å². The summed E-state index contributed by atoms with van der Waals surface area (Å²) in [6.07, 6.45) is 55.5. The molecule has 0 heterocycles. The SMILES string of the molecule is CCCCCCCCCCCCCCCCCCCC(=O)O[C@H](COC(=O)CCCCCCCCCCCCCCCCC)COP(=O)(O)OC[C@@H](O)COP(=O)(O)OC[C@@H](COC(=O)CCCCCCCCC)OC(=O)CCCCCCCCCCCCCC. The average molecular weight is 1340 g/mol. The predicted octanol–water partition coefficient (Wildman–Crippen LogP) is 21.1. The fraction of sp³-hybridized carbons (Fsp3) is 0.944. The number of aliphatic hydroxyl groups is 1. The molecule has 0 rings (SSSR count). The summed E-state index contributed by atoms with van der Waals surface area (Å²) in [5.74, 6) is -2.12. The molecule has 0 aromatic carbocycles. The Morgan fingerprint density at radius 3 is 0.648 bits per heavy atom. The number of phosphoric ester groups is 2. The molecular weight excluding hydrogens is 1200 g/mol. The number of carbonyl (C=O) groups is 4. The molecule has 3 N–H and O–H groups in total. The minimum atomic E-state index is -4.95. The molecule has 0 amide bonds. The minimum Gasteiger partial charge on any atom is -0.462 e. The van der Waals surface area contributed by atoms with Crippen molar-refractivity contribution in [1.29, 1.82) is 0 Å². The smallest absolute Gasteiger partial charge is 0.462 e. The molecule has 0 fully saturated rings. The van der Waals surface area contributed by atoms with E-state index in [1.54, 1.807) is 0 Å². The van der Waals surface area contributed by atoms with Crippen LogP contribution in [-0.2, 0) is 65.4 Å². The van der Waals surface area contributed by atoms with Crippen LogP contribution < -0.4 is 0 Å². The van der Waals surface area contributed by atoms with Gasteiger partial charge in [0.15, 0.2) is 12.2 Å². The van der Waals surface area contributed by atoms with E-state index in [0.717, 1.165) is 103 Å². The molecule has 0 spiro atoms. The van der Waals surface area contributed by atoms with Crippen LogP contribution >= 0.6 is 15.6 Å². The molecular formula is C72H140O17P2. The summed E-state index contributed by atoms with van der Waals surface area (Å²) >= 11 is 0. The highest BCUT2D eigenvalue weighted by Gasteiger charge is 2.30. The van der Waals surface area contributed by atoms with E-state index in [9.17, 15) is 43.2 Å². The van der Waals surface area contributed by atoms with Crippen molar-refractivity contribution < 1.29 is 80.2 Å². The van der Waals surface area contributed by atoms with Crippen molar-refractivity contribution in [1.82, 2.24) is 0 Å². The molecule has 17 nitrogen and oxygen atoms in total. The molecule has 0 aliphatic carbocycles. The van der Waals surface area contributed by atoms with Gasteiger partial charge in [-0.25, -0.2) is 9.13 Å². The molecule has 0 bridgehead atoms. The number of esters is 4. The number of hydrogen-bond acceptors (Lipinski definition) is 15. The second-order valence-electron chi connectivity index (χ2n) is 26.0. The van der Waals surface area contributed by atoms with Gasteiger partial charge in [-0.1, -0.05) is 329 Å². The number of carbonyl (C=O) groups excluding carboxylic acids is 4. The maximum atomic E-state index is 13.0. The normalized spacial score (nSPS) is 14.0. The first-order chi connectivity index (χ1) is 44.2. The topological polar surface area (TPSA) is 237 Å². The number of ether oxygens (including phenoxy) is 4. The lowest BCUT2D eigenvalue weighted by atomic mass is 10.0. The molecule has 0 radical (unpaired) electrons. The summed E-state index contributed by atoms with van der Waals surface area (Å²) in [5, 5.41) is 10.6. The summed E-state index contributed by atoms with van der Waals surface area (Å²) in [4.78, 5) is 72.5. The number of aliphatic hydroxyl groups excluding tert-OH is 1. The number of unbranched alkanes of at least 4 members (excludes halogenated alkanes) is 47. The van der Waals surface area contributed by atoms with Gasteiger partial charge in [0.25, 0.3) is 0 Å². The first-order valence-corrected chi connectivity index (χ1v) is 40.8. The quantitative estimate of drug-likeness (QED) is 0.0222. The van der Waals surface area contributed by atoms with Gasteiger partial charge in [-0.15, -0.1) is 0 Å². The van der Waals surface area contributed by atoms with Crippen LogP contribution in [0.4, 0.5) is 0 Å². The van der Waals surface area contributed by atoms with Crippen LogP contribution in [0.25, 0.3) is 0 Å². The van der Waals surface area contributed by atoms with E-state index >= 15 is 0 Å². The van der Waals surface area contributed by atoms with Gasteiger partial charge in [0.05, 0.1) is 26.4 Å². The summed E-state index contributed by atoms with van der Waals surface area (Å²) in [6.45, 7) is 4.93. The van der Waals surface area contributed by atoms with Crippen LogP contribution in [0.2, 0.25) is 0 Å². The molecule has 0 aromatic heterocycles. The molecule has 0 aliphatic rings. The van der Waals surface area contributed by atoms with E-state index in [4.69, 9.17) is 37.0 Å². The Bertz CT molecular complexity index is 1740. The molecule has 540 valence electrons. The lowest BCUT2D eigenvalue weighted by molar-refractivity contribution is -0.161. The van der Waals surface area contributed by atoms with Crippen molar-refractivity contribution in [2.75, 3.05) is 39.6 Å². The fourth-order valence-corrected chi connectivity index (χ4v) is 12.6. The van der Waals surface area contributed by atoms with Crippen LogP contribution in [0.3, 0.4) is 0 Å². The number of hydrogen-bond donors (Lipinski definition) is 3. The summed E-state index contributed by atoms with van der Waals surface area (Å²) in [5.41, 5.74) is 0. The number of rotatable bonds is 73. The Labute approximate surface area is 556 Å². The van der Waals surface area contributed by atoms with Gasteiger partial charge in [0.2, 0.25) is 0 Å². The average Bonchev–Trinajstić information content (AvgIpc) is 3.67. The van der Waals surface area contributed by atoms with Gasteiger partial charge >= 0.3 is 39.5 Å². The zero-order chi connectivity index (χ0) is 66.8. The molecule has 0 saturated carbocycles. The van der Waals surface area contributed by atoms with Gasteiger partial charge < -0.3 is 33.8 Å². The molecule has 0 aliphatic heterocycles. The van der Waals surface area contributed by atoms with Gasteiger partial charge in [-0.05, 0) is 25.7 Å². The van der Waals surface area contributed by atoms with Crippen molar-refractivity contribution >= 4 is 39.5 Å². The molecule has 5 atom stereocenters. The third kappa shape index (κ3) is 66.5. The van der Waals surface area contributed by atoms with Crippen molar-refractivity contribution in [3.8, 4) is 0 Å². The van der Waals surface area contributed by atoms with Gasteiger partial charge in [0.1, 0.15) is 19.3 Å². The van der Waals surface area contributed by atoms with E-state index in [0.29, 0.717) is 25.7 Å². The summed E-state index contributed by atoms with van der Waals surface area (Å²) in [7, 11) is -9.90. The number of phosphoric acid groups is 2. The maximum absolute atomic E-state index is 13.0. The molecule has 2 unspecified atom stereocenters. The Balaban J connectivity index is 5.19. The second-order valence-corrected chi connectivity index (χ2v) is 28.9. The van der Waals surface area contributed by atoms with E-state index in [2.05, 4.69) is 27.7 Å². The highest BCUT2D eigenvalue weighted by molar-refractivity contribution is 7.47. The highest BCUT2D eigenvalue weighted by atomic mass is 31.2. The Hall–Kier alpha value is -1.94. The van der Waals surface area contributed by atoms with Crippen molar-refractivity contribution in [2.45, 2.75) is 399 Å². The Kier molecular flexibility index (Phi) is 65.2. The van der Waals surface area contributed by atoms with E-state index in [-0.39, 0.29) is 25.7 Å². The van der Waals surface area contributed by atoms with Crippen LogP contribution in [0.15, 0.2) is 0 Å². The monoisotopic (exact) mass is 1340 g/mol. The first-order valence-electron chi connectivity index (χ1n) is 37.8. The Morgan fingerprint density at radius 2 is 0.440 bits per heavy atom. The summed E-state index contributed by atoms with van der Waals surface area (Å²) in [6, 6.07) is 0. The van der Waals surface area contributed by atoms with Crippen LogP contribution in [0, 0.1) is 0 Å². The maximum Gasteiger partial charge on any atom is 0.472 e.